The number of H-pyrrole nitrogens is 1. The monoisotopic (exact) mass is 522 g/mol. The number of anilines is 2. The van der Waals surface area contributed by atoms with Crippen molar-refractivity contribution < 1.29 is 17.9 Å². The molecule has 3 heterocycles. The summed E-state index contributed by atoms with van der Waals surface area (Å²) >= 11 is 0. The first-order chi connectivity index (χ1) is 17.8. The Hall–Kier alpha value is -3.51. The van der Waals surface area contributed by atoms with Gasteiger partial charge in [0.2, 0.25) is 21.9 Å². The maximum absolute atomic E-state index is 12.4. The fraction of sp³-hybridized carbons (Fsp3) is 0.308. The van der Waals surface area contributed by atoms with Crippen molar-refractivity contribution in [2.24, 2.45) is 0 Å². The molecule has 0 amide bonds. The summed E-state index contributed by atoms with van der Waals surface area (Å²) in [6.07, 6.45) is 1.82. The van der Waals surface area contributed by atoms with E-state index in [0.29, 0.717) is 17.5 Å². The van der Waals surface area contributed by atoms with E-state index in [-0.39, 0.29) is 4.90 Å². The van der Waals surface area contributed by atoms with Gasteiger partial charge < -0.3 is 19.8 Å². The van der Waals surface area contributed by atoms with Crippen LogP contribution < -0.4 is 10.1 Å². The molecule has 0 bridgehead atoms. The maximum atomic E-state index is 12.4. The quantitative estimate of drug-likeness (QED) is 0.362. The third-order valence-corrected chi connectivity index (χ3v) is 8.18. The molecule has 1 aliphatic rings. The average Bonchev–Trinajstić information content (AvgIpc) is 3.34. The molecule has 1 saturated heterocycles. The highest BCUT2D eigenvalue weighted by atomic mass is 32.2. The number of hydrogen-bond donors (Lipinski definition) is 2. The number of aromatic nitrogens is 3. The first kappa shape index (κ1) is 25.2. The number of morpholine rings is 1. The standard InChI is InChI=1S/C26H30N6O4S/c1-31(2)37(33,34)21-10-6-19(7-11-21)22-16-27-24-23(22)25(35-3)30-26(29-24)28-20-8-4-18(5-9-20)17-32-12-14-36-15-13-32/h4-11,16H,12-15,17H2,1-3H3,(H2,27,28,29,30). The van der Waals surface area contributed by atoms with Crippen LogP contribution in [0.15, 0.2) is 59.6 Å². The second kappa shape index (κ2) is 10.5. The Morgan fingerprint density at radius 1 is 1.05 bits per heavy atom. The van der Waals surface area contributed by atoms with Gasteiger partial charge in [-0.2, -0.15) is 9.97 Å². The molecule has 0 unspecified atom stereocenters. The minimum Gasteiger partial charge on any atom is -0.480 e. The van der Waals surface area contributed by atoms with Crippen molar-refractivity contribution in [3.8, 4) is 17.0 Å². The van der Waals surface area contributed by atoms with E-state index in [2.05, 4.69) is 37.3 Å². The summed E-state index contributed by atoms with van der Waals surface area (Å²) in [5.41, 5.74) is 4.36. The summed E-state index contributed by atoms with van der Waals surface area (Å²) in [4.78, 5) is 15.0. The Kier molecular flexibility index (Phi) is 7.11. The number of nitrogens with one attached hydrogen (secondary N) is 2. The maximum Gasteiger partial charge on any atom is 0.242 e. The third kappa shape index (κ3) is 5.30. The molecular formula is C26H30N6O4S. The highest BCUT2D eigenvalue weighted by molar-refractivity contribution is 7.89. The van der Waals surface area contributed by atoms with Crippen LogP contribution >= 0.6 is 0 Å². The normalized spacial score (nSPS) is 14.8. The van der Waals surface area contributed by atoms with Crippen LogP contribution in [0.3, 0.4) is 0 Å². The van der Waals surface area contributed by atoms with Crippen LogP contribution in [0, 0.1) is 0 Å². The fourth-order valence-electron chi connectivity index (χ4n) is 4.29. The molecule has 0 radical (unpaired) electrons. The van der Waals surface area contributed by atoms with E-state index in [1.807, 2.05) is 18.3 Å². The number of rotatable bonds is 8. The average molecular weight is 523 g/mol. The Morgan fingerprint density at radius 2 is 1.76 bits per heavy atom. The molecular weight excluding hydrogens is 492 g/mol. The van der Waals surface area contributed by atoms with Crippen molar-refractivity contribution in [1.29, 1.82) is 0 Å². The summed E-state index contributed by atoms with van der Waals surface area (Å²) in [6.45, 7) is 4.36. The van der Waals surface area contributed by atoms with Crippen molar-refractivity contribution in [2.45, 2.75) is 11.4 Å². The smallest absolute Gasteiger partial charge is 0.242 e. The molecule has 2 N–H and O–H groups in total. The second-order valence-electron chi connectivity index (χ2n) is 9.00. The van der Waals surface area contributed by atoms with Gasteiger partial charge in [-0.1, -0.05) is 24.3 Å². The predicted molar refractivity (Wildman–Crippen MR) is 143 cm³/mol. The molecule has 1 fully saturated rings. The molecule has 5 rings (SSSR count). The van der Waals surface area contributed by atoms with Gasteiger partial charge in [-0.05, 0) is 35.4 Å². The number of benzene rings is 2. The molecule has 4 aromatic rings. The summed E-state index contributed by atoms with van der Waals surface area (Å²) in [7, 11) is 1.08. The number of sulfonamides is 1. The summed E-state index contributed by atoms with van der Waals surface area (Å²) < 4.78 is 37.0. The largest absolute Gasteiger partial charge is 0.480 e. The first-order valence-corrected chi connectivity index (χ1v) is 13.4. The van der Waals surface area contributed by atoms with Gasteiger partial charge in [-0.25, -0.2) is 12.7 Å². The highest BCUT2D eigenvalue weighted by Gasteiger charge is 2.19. The van der Waals surface area contributed by atoms with Gasteiger partial charge >= 0.3 is 0 Å². The van der Waals surface area contributed by atoms with Crippen LogP contribution in [0.1, 0.15) is 5.56 Å². The summed E-state index contributed by atoms with van der Waals surface area (Å²) in [5.74, 6) is 0.823. The zero-order chi connectivity index (χ0) is 26.0. The minimum absolute atomic E-state index is 0.228. The second-order valence-corrected chi connectivity index (χ2v) is 11.2. The van der Waals surface area contributed by atoms with Crippen LogP contribution in [-0.2, 0) is 21.3 Å². The van der Waals surface area contributed by atoms with Crippen LogP contribution in [0.2, 0.25) is 0 Å². The molecule has 0 spiro atoms. The summed E-state index contributed by atoms with van der Waals surface area (Å²) in [5, 5.41) is 3.98. The topological polar surface area (TPSA) is 113 Å². The molecule has 0 atom stereocenters. The molecule has 194 valence electrons. The minimum atomic E-state index is -3.50. The van der Waals surface area contributed by atoms with E-state index < -0.39 is 10.0 Å². The highest BCUT2D eigenvalue weighted by Crippen LogP contribution is 2.35. The number of ether oxygens (including phenoxy) is 2. The van der Waals surface area contributed by atoms with Crippen LogP contribution in [-0.4, -0.2) is 80.1 Å². The van der Waals surface area contributed by atoms with Gasteiger partial charge in [-0.15, -0.1) is 0 Å². The van der Waals surface area contributed by atoms with Gasteiger partial charge in [-0.3, -0.25) is 4.90 Å². The van der Waals surface area contributed by atoms with Crippen LogP contribution in [0.5, 0.6) is 5.88 Å². The van der Waals surface area contributed by atoms with E-state index in [4.69, 9.17) is 9.47 Å². The number of fused-ring (bicyclic) bond motifs is 1. The first-order valence-electron chi connectivity index (χ1n) is 12.0. The lowest BCUT2D eigenvalue weighted by Gasteiger charge is -2.26. The zero-order valence-electron chi connectivity index (χ0n) is 21.1. The van der Waals surface area contributed by atoms with Crippen molar-refractivity contribution in [3.63, 3.8) is 0 Å². The lowest BCUT2D eigenvalue weighted by atomic mass is 10.1. The van der Waals surface area contributed by atoms with E-state index in [0.717, 1.165) is 55.0 Å². The Bertz CT molecular complexity index is 1480. The van der Waals surface area contributed by atoms with Gasteiger partial charge in [0.05, 0.1) is 30.6 Å². The molecule has 0 saturated carbocycles. The number of nitrogens with zero attached hydrogens (tertiary/aromatic N) is 4. The predicted octanol–water partition coefficient (Wildman–Crippen LogP) is 3.46. The van der Waals surface area contributed by atoms with Gasteiger partial charge in [0, 0.05) is 51.2 Å². The van der Waals surface area contributed by atoms with E-state index in [9.17, 15) is 8.42 Å². The molecule has 2 aromatic heterocycles. The SMILES string of the molecule is COc1nc(Nc2ccc(CN3CCOCC3)cc2)nc2[nH]cc(-c3ccc(S(=O)(=O)N(C)C)cc3)c12. The Labute approximate surface area is 216 Å². The third-order valence-electron chi connectivity index (χ3n) is 6.36. The van der Waals surface area contributed by atoms with Crippen LogP contribution in [0.25, 0.3) is 22.2 Å². The van der Waals surface area contributed by atoms with E-state index in [1.165, 1.54) is 24.0 Å². The molecule has 2 aromatic carbocycles. The van der Waals surface area contributed by atoms with E-state index >= 15 is 0 Å². The zero-order valence-corrected chi connectivity index (χ0v) is 21.9. The van der Waals surface area contributed by atoms with Crippen LogP contribution in [0.4, 0.5) is 11.6 Å². The summed E-state index contributed by atoms with van der Waals surface area (Å²) in [6, 6.07) is 14.9. The van der Waals surface area contributed by atoms with Crippen molar-refractivity contribution >= 4 is 32.7 Å². The molecule has 0 aliphatic carbocycles. The number of hydrogen-bond acceptors (Lipinski definition) is 8. The van der Waals surface area contributed by atoms with Crippen molar-refractivity contribution in [2.75, 3.05) is 52.8 Å². The van der Waals surface area contributed by atoms with Gasteiger partial charge in [0.25, 0.3) is 0 Å². The number of aromatic amines is 1. The molecule has 1 aliphatic heterocycles. The number of methoxy groups -OCH3 is 1. The molecule has 11 heteroatoms. The van der Waals surface area contributed by atoms with Crippen molar-refractivity contribution in [1.82, 2.24) is 24.2 Å². The Balaban J connectivity index is 1.37. The Morgan fingerprint density at radius 3 is 2.41 bits per heavy atom. The lowest BCUT2D eigenvalue weighted by molar-refractivity contribution is 0.0342. The fourth-order valence-corrected chi connectivity index (χ4v) is 5.19. The van der Waals surface area contributed by atoms with Crippen molar-refractivity contribution in [3.05, 3.63) is 60.3 Å². The van der Waals surface area contributed by atoms with Gasteiger partial charge in [0.15, 0.2) is 0 Å². The van der Waals surface area contributed by atoms with E-state index in [1.54, 1.807) is 31.4 Å². The molecule has 37 heavy (non-hydrogen) atoms. The lowest BCUT2D eigenvalue weighted by Crippen LogP contribution is -2.35. The molecule has 10 nitrogen and oxygen atoms in total. The van der Waals surface area contributed by atoms with Gasteiger partial charge in [0.1, 0.15) is 5.65 Å².